The SMILES string of the molecule is COc1ccccc1CNC(=O)[C@@H]1CN2CC[C@H]1C[C@@H]2Cn1cc(CSc2ccccc2)nn1. The number of hydrogen-bond acceptors (Lipinski definition) is 6. The maximum Gasteiger partial charge on any atom is 0.224 e. The van der Waals surface area contributed by atoms with Crippen molar-refractivity contribution in [3.05, 3.63) is 72.1 Å². The van der Waals surface area contributed by atoms with E-state index in [1.807, 2.05) is 35.0 Å². The highest BCUT2D eigenvalue weighted by Crippen LogP contribution is 2.37. The first-order valence-corrected chi connectivity index (χ1v) is 12.9. The van der Waals surface area contributed by atoms with Crippen LogP contribution in [0.2, 0.25) is 0 Å². The van der Waals surface area contributed by atoms with Gasteiger partial charge >= 0.3 is 0 Å². The van der Waals surface area contributed by atoms with Crippen molar-refractivity contribution in [1.82, 2.24) is 25.2 Å². The van der Waals surface area contributed by atoms with Gasteiger partial charge in [0.25, 0.3) is 0 Å². The fraction of sp³-hybridized carbons (Fsp3) is 0.423. The van der Waals surface area contributed by atoms with Crippen molar-refractivity contribution in [3.63, 3.8) is 0 Å². The summed E-state index contributed by atoms with van der Waals surface area (Å²) < 4.78 is 7.38. The summed E-state index contributed by atoms with van der Waals surface area (Å²) in [5, 5.41) is 11.9. The van der Waals surface area contributed by atoms with E-state index in [0.717, 1.165) is 55.2 Å². The molecule has 2 aromatic carbocycles. The Kier molecular flexibility index (Phi) is 7.16. The molecule has 1 N–H and O–H groups in total. The van der Waals surface area contributed by atoms with Gasteiger partial charge in [-0.1, -0.05) is 41.6 Å². The average Bonchev–Trinajstić information content (AvgIpc) is 3.34. The van der Waals surface area contributed by atoms with Gasteiger partial charge in [0, 0.05) is 41.5 Å². The summed E-state index contributed by atoms with van der Waals surface area (Å²) in [7, 11) is 1.66. The largest absolute Gasteiger partial charge is 0.496 e. The van der Waals surface area contributed by atoms with Crippen LogP contribution in [0.15, 0.2) is 65.7 Å². The number of piperidine rings is 3. The molecule has 0 saturated carbocycles. The molecule has 3 aliphatic heterocycles. The monoisotopic (exact) mass is 477 g/mol. The molecule has 3 aromatic rings. The van der Waals surface area contributed by atoms with Gasteiger partial charge in [-0.25, -0.2) is 0 Å². The van der Waals surface area contributed by atoms with Gasteiger partial charge in [-0.2, -0.15) is 0 Å². The van der Waals surface area contributed by atoms with Gasteiger partial charge < -0.3 is 10.1 Å². The van der Waals surface area contributed by atoms with Crippen molar-refractivity contribution in [3.8, 4) is 5.75 Å². The molecule has 7 nitrogen and oxygen atoms in total. The maximum atomic E-state index is 13.0. The van der Waals surface area contributed by atoms with Gasteiger partial charge in [-0.05, 0) is 43.5 Å². The van der Waals surface area contributed by atoms with Crippen molar-refractivity contribution in [2.24, 2.45) is 11.8 Å². The first kappa shape index (κ1) is 22.9. The molecule has 0 radical (unpaired) electrons. The lowest BCUT2D eigenvalue weighted by molar-refractivity contribution is -0.133. The minimum atomic E-state index is 0.0493. The quantitative estimate of drug-likeness (QED) is 0.475. The van der Waals surface area contributed by atoms with E-state index in [4.69, 9.17) is 4.74 Å². The third kappa shape index (κ3) is 5.28. The number of benzene rings is 2. The van der Waals surface area contributed by atoms with Crippen LogP contribution < -0.4 is 10.1 Å². The van der Waals surface area contributed by atoms with Crippen molar-refractivity contribution in [2.45, 2.75) is 42.6 Å². The van der Waals surface area contributed by atoms with Gasteiger partial charge in [0.1, 0.15) is 5.75 Å². The Morgan fingerprint density at radius 1 is 1.18 bits per heavy atom. The van der Waals surface area contributed by atoms with E-state index in [9.17, 15) is 4.79 Å². The van der Waals surface area contributed by atoms with Crippen LogP contribution >= 0.6 is 11.8 Å². The molecule has 3 aliphatic rings. The molecule has 0 aliphatic carbocycles. The second-order valence-corrected chi connectivity index (χ2v) is 10.2. The number of carbonyl (C=O) groups is 1. The number of ether oxygens (including phenoxy) is 1. The highest BCUT2D eigenvalue weighted by molar-refractivity contribution is 7.98. The van der Waals surface area contributed by atoms with Gasteiger partial charge in [0.2, 0.25) is 5.91 Å². The van der Waals surface area contributed by atoms with Gasteiger partial charge in [0.05, 0.1) is 25.3 Å². The van der Waals surface area contributed by atoms with Crippen LogP contribution in [-0.2, 0) is 23.6 Å². The third-order valence-corrected chi connectivity index (χ3v) is 8.02. The summed E-state index contributed by atoms with van der Waals surface area (Å²) in [5.41, 5.74) is 2.00. The molecular formula is C26H31N5O2S. The zero-order chi connectivity index (χ0) is 23.3. The number of nitrogens with zero attached hydrogens (tertiary/aromatic N) is 4. The van der Waals surface area contributed by atoms with Crippen LogP contribution in [0.3, 0.4) is 0 Å². The third-order valence-electron chi connectivity index (χ3n) is 6.97. The first-order valence-electron chi connectivity index (χ1n) is 11.9. The molecular weight excluding hydrogens is 446 g/mol. The fourth-order valence-corrected chi connectivity index (χ4v) is 5.97. The number of rotatable bonds is 9. The number of aromatic nitrogens is 3. The lowest BCUT2D eigenvalue weighted by Gasteiger charge is -2.49. The van der Waals surface area contributed by atoms with Gasteiger partial charge in [-0.3, -0.25) is 14.4 Å². The normalized spacial score (nSPS) is 23.6. The molecule has 2 bridgehead atoms. The number of carbonyl (C=O) groups excluding carboxylic acids is 1. The molecule has 178 valence electrons. The molecule has 0 spiro atoms. The number of thioether (sulfide) groups is 1. The molecule has 34 heavy (non-hydrogen) atoms. The van der Waals surface area contributed by atoms with E-state index >= 15 is 0 Å². The summed E-state index contributed by atoms with van der Waals surface area (Å²) in [6.45, 7) is 3.20. The smallest absolute Gasteiger partial charge is 0.224 e. The first-order chi connectivity index (χ1) is 16.7. The molecule has 4 heterocycles. The number of amides is 1. The van der Waals surface area contributed by atoms with Crippen LogP contribution in [0, 0.1) is 11.8 Å². The minimum absolute atomic E-state index is 0.0493. The van der Waals surface area contributed by atoms with E-state index in [0.29, 0.717) is 18.5 Å². The molecule has 4 atom stereocenters. The maximum absolute atomic E-state index is 13.0. The van der Waals surface area contributed by atoms with E-state index < -0.39 is 0 Å². The molecule has 1 unspecified atom stereocenters. The zero-order valence-electron chi connectivity index (χ0n) is 19.5. The van der Waals surface area contributed by atoms with E-state index in [1.54, 1.807) is 18.9 Å². The Labute approximate surface area is 204 Å². The Balaban J connectivity index is 1.13. The summed E-state index contributed by atoms with van der Waals surface area (Å²) in [5.74, 6) is 2.25. The van der Waals surface area contributed by atoms with Gasteiger partial charge in [0.15, 0.2) is 0 Å². The predicted molar refractivity (Wildman–Crippen MR) is 132 cm³/mol. The summed E-state index contributed by atoms with van der Waals surface area (Å²) in [6, 6.07) is 18.6. The second kappa shape index (κ2) is 10.6. The van der Waals surface area contributed by atoms with Crippen molar-refractivity contribution in [2.75, 3.05) is 20.2 Å². The average molecular weight is 478 g/mol. The van der Waals surface area contributed by atoms with Crippen molar-refractivity contribution < 1.29 is 9.53 Å². The molecule has 3 saturated heterocycles. The lowest BCUT2D eigenvalue weighted by atomic mass is 9.75. The molecule has 1 aromatic heterocycles. The standard InChI is InChI=1S/C26H31N5O2S/c1-33-25-10-6-5-7-20(25)14-27-26(32)24-17-30-12-11-19(24)13-22(30)16-31-15-21(28-29-31)18-34-23-8-3-2-4-9-23/h2-10,15,19,22,24H,11-14,16-18H2,1H3,(H,27,32)/t19-,22+,24+/m0/s1. The predicted octanol–water partition coefficient (Wildman–Crippen LogP) is 3.61. The molecule has 6 rings (SSSR count). The van der Waals surface area contributed by atoms with Crippen LogP contribution in [0.25, 0.3) is 0 Å². The van der Waals surface area contributed by atoms with E-state index in [1.165, 1.54) is 4.90 Å². The number of para-hydroxylation sites is 1. The van der Waals surface area contributed by atoms with Crippen LogP contribution in [0.1, 0.15) is 24.1 Å². The lowest BCUT2D eigenvalue weighted by Crippen LogP contribution is -2.58. The highest BCUT2D eigenvalue weighted by Gasteiger charge is 2.43. The van der Waals surface area contributed by atoms with Crippen LogP contribution in [0.5, 0.6) is 5.75 Å². The summed E-state index contributed by atoms with van der Waals surface area (Å²) in [4.78, 5) is 16.7. The Morgan fingerprint density at radius 2 is 2.00 bits per heavy atom. The van der Waals surface area contributed by atoms with Crippen molar-refractivity contribution in [1.29, 1.82) is 0 Å². The number of hydrogen-bond donors (Lipinski definition) is 1. The Morgan fingerprint density at radius 3 is 2.79 bits per heavy atom. The van der Waals surface area contributed by atoms with Crippen molar-refractivity contribution >= 4 is 17.7 Å². The molecule has 3 fully saturated rings. The Hall–Kier alpha value is -2.84. The molecule has 1 amide bonds. The topological polar surface area (TPSA) is 72.3 Å². The fourth-order valence-electron chi connectivity index (χ4n) is 5.17. The zero-order valence-corrected chi connectivity index (χ0v) is 20.3. The van der Waals surface area contributed by atoms with E-state index in [2.05, 4.69) is 51.0 Å². The van der Waals surface area contributed by atoms with Crippen LogP contribution in [0.4, 0.5) is 0 Å². The van der Waals surface area contributed by atoms with Gasteiger partial charge in [-0.15, -0.1) is 16.9 Å². The number of fused-ring (bicyclic) bond motifs is 3. The second-order valence-electron chi connectivity index (χ2n) is 9.10. The molecule has 8 heteroatoms. The highest BCUT2D eigenvalue weighted by atomic mass is 32.2. The number of methoxy groups -OCH3 is 1. The number of nitrogens with one attached hydrogen (secondary N) is 1. The van der Waals surface area contributed by atoms with E-state index in [-0.39, 0.29) is 11.8 Å². The summed E-state index contributed by atoms with van der Waals surface area (Å²) in [6.07, 6.45) is 4.18. The summed E-state index contributed by atoms with van der Waals surface area (Å²) >= 11 is 1.78. The Bertz CT molecular complexity index is 1110. The minimum Gasteiger partial charge on any atom is -0.496 e. The van der Waals surface area contributed by atoms with Crippen LogP contribution in [-0.4, -0.2) is 52.0 Å².